The number of hydrogen-bond acceptors (Lipinski definition) is 7. The Hall–Kier alpha value is -3.24. The van der Waals surface area contributed by atoms with Gasteiger partial charge in [0.1, 0.15) is 23.7 Å². The van der Waals surface area contributed by atoms with E-state index in [1.165, 1.54) is 0 Å². The van der Waals surface area contributed by atoms with E-state index in [0.717, 1.165) is 16.5 Å². The maximum atomic E-state index is 16.2. The summed E-state index contributed by atoms with van der Waals surface area (Å²) >= 11 is 0. The lowest BCUT2D eigenvalue weighted by atomic mass is 9.99. The normalized spacial score (nSPS) is 20.9. The summed E-state index contributed by atoms with van der Waals surface area (Å²) in [6, 6.07) is 3.67. The van der Waals surface area contributed by atoms with Crippen molar-refractivity contribution in [1.82, 2.24) is 25.4 Å². The number of amides is 1. The average molecular weight is 452 g/mol. The van der Waals surface area contributed by atoms with Crippen LogP contribution in [0.4, 0.5) is 10.2 Å². The second-order valence-corrected chi connectivity index (χ2v) is 8.66. The molecular weight excluding hydrogens is 427 g/mol. The number of anilines is 1. The Balaban J connectivity index is 1.60. The van der Waals surface area contributed by atoms with Gasteiger partial charge in [-0.05, 0) is 18.6 Å². The third-order valence-corrected chi connectivity index (χ3v) is 6.70. The zero-order chi connectivity index (χ0) is 22.5. The van der Waals surface area contributed by atoms with Crippen molar-refractivity contribution < 1.29 is 18.7 Å². The zero-order valence-corrected chi connectivity index (χ0v) is 18.4. The van der Waals surface area contributed by atoms with Crippen LogP contribution in [0.25, 0.3) is 22.2 Å². The van der Waals surface area contributed by atoms with Crippen LogP contribution in [0.15, 0.2) is 18.3 Å². The fraction of sp³-hybridized carbons (Fsp3) is 0.435. The first-order valence-corrected chi connectivity index (χ1v) is 11.3. The third kappa shape index (κ3) is 3.24. The second-order valence-electron chi connectivity index (χ2n) is 8.66. The number of H-pyrrole nitrogens is 1. The number of fused-ring (bicyclic) bond motifs is 3. The van der Waals surface area contributed by atoms with Crippen LogP contribution in [0.3, 0.4) is 0 Å². The molecule has 1 aromatic carbocycles. The molecule has 0 spiro atoms. The van der Waals surface area contributed by atoms with Crippen LogP contribution in [-0.2, 0) is 4.74 Å². The number of ether oxygens (including phenoxy) is 2. The highest BCUT2D eigenvalue weighted by atomic mass is 19.1. The van der Waals surface area contributed by atoms with E-state index < -0.39 is 5.82 Å². The Kier molecular flexibility index (Phi) is 4.92. The molecular formula is C23H25FN6O3. The zero-order valence-electron chi connectivity index (χ0n) is 18.4. The van der Waals surface area contributed by atoms with Gasteiger partial charge >= 0.3 is 0 Å². The SMILES string of the molecule is Cc1ccc2[nH]ncc2c1-c1nc(N2CCOCC2)c2c(c1F)OC[C@H]1CNCCN1C2=O. The summed E-state index contributed by atoms with van der Waals surface area (Å²) in [5, 5.41) is 11.1. The molecule has 3 aliphatic heterocycles. The summed E-state index contributed by atoms with van der Waals surface area (Å²) in [5.41, 5.74) is 2.69. The van der Waals surface area contributed by atoms with E-state index in [4.69, 9.17) is 14.5 Å². The minimum Gasteiger partial charge on any atom is -0.487 e. The van der Waals surface area contributed by atoms with Crippen LogP contribution in [0.5, 0.6) is 5.75 Å². The molecule has 2 fully saturated rings. The van der Waals surface area contributed by atoms with Crippen molar-refractivity contribution in [2.24, 2.45) is 0 Å². The Labute approximate surface area is 189 Å². The first-order valence-electron chi connectivity index (χ1n) is 11.3. The molecule has 1 amide bonds. The molecule has 3 aromatic rings. The van der Waals surface area contributed by atoms with Crippen molar-refractivity contribution in [3.05, 3.63) is 35.3 Å². The van der Waals surface area contributed by atoms with Gasteiger partial charge in [-0.2, -0.15) is 5.10 Å². The molecule has 0 aliphatic carbocycles. The number of aromatic nitrogens is 3. The van der Waals surface area contributed by atoms with Crippen LogP contribution < -0.4 is 15.0 Å². The molecule has 33 heavy (non-hydrogen) atoms. The Morgan fingerprint density at radius 1 is 1.18 bits per heavy atom. The first-order chi connectivity index (χ1) is 16.1. The lowest BCUT2D eigenvalue weighted by molar-refractivity contribution is 0.0605. The molecule has 2 aromatic heterocycles. The van der Waals surface area contributed by atoms with Crippen molar-refractivity contribution in [1.29, 1.82) is 0 Å². The molecule has 3 aliphatic rings. The molecule has 5 heterocycles. The minimum absolute atomic E-state index is 0.0132. The van der Waals surface area contributed by atoms with Gasteiger partial charge in [-0.3, -0.25) is 9.89 Å². The number of pyridine rings is 1. The van der Waals surface area contributed by atoms with Crippen molar-refractivity contribution in [2.45, 2.75) is 13.0 Å². The van der Waals surface area contributed by atoms with E-state index in [9.17, 15) is 4.79 Å². The first kappa shape index (κ1) is 20.4. The molecule has 2 N–H and O–H groups in total. The van der Waals surface area contributed by atoms with E-state index in [2.05, 4.69) is 15.5 Å². The monoisotopic (exact) mass is 452 g/mol. The van der Waals surface area contributed by atoms with E-state index in [-0.39, 0.29) is 35.6 Å². The van der Waals surface area contributed by atoms with E-state index in [1.54, 1.807) is 11.1 Å². The maximum Gasteiger partial charge on any atom is 0.261 e. The van der Waals surface area contributed by atoms with Gasteiger partial charge in [-0.15, -0.1) is 0 Å². The number of aromatic amines is 1. The van der Waals surface area contributed by atoms with Gasteiger partial charge in [0.25, 0.3) is 5.91 Å². The summed E-state index contributed by atoms with van der Waals surface area (Å²) < 4.78 is 27.7. The summed E-state index contributed by atoms with van der Waals surface area (Å²) in [6.45, 7) is 6.17. The Morgan fingerprint density at radius 2 is 2.03 bits per heavy atom. The van der Waals surface area contributed by atoms with Crippen molar-refractivity contribution in [2.75, 3.05) is 57.4 Å². The van der Waals surface area contributed by atoms with Crippen LogP contribution in [-0.4, -0.2) is 84.6 Å². The summed E-state index contributed by atoms with van der Waals surface area (Å²) in [6.07, 6.45) is 1.68. The van der Waals surface area contributed by atoms with Gasteiger partial charge in [-0.25, -0.2) is 9.37 Å². The van der Waals surface area contributed by atoms with Gasteiger partial charge in [-0.1, -0.05) is 6.07 Å². The van der Waals surface area contributed by atoms with Crippen LogP contribution in [0.2, 0.25) is 0 Å². The number of halogens is 1. The molecule has 6 rings (SSSR count). The predicted molar refractivity (Wildman–Crippen MR) is 120 cm³/mol. The van der Waals surface area contributed by atoms with Crippen molar-refractivity contribution >= 4 is 22.6 Å². The molecule has 10 heteroatoms. The van der Waals surface area contributed by atoms with Gasteiger partial charge in [0, 0.05) is 43.7 Å². The van der Waals surface area contributed by atoms with Crippen molar-refractivity contribution in [3.63, 3.8) is 0 Å². The number of hydrogen-bond donors (Lipinski definition) is 2. The Bertz CT molecular complexity index is 1240. The molecule has 2 saturated heterocycles. The fourth-order valence-electron chi connectivity index (χ4n) is 4.97. The molecule has 9 nitrogen and oxygen atoms in total. The van der Waals surface area contributed by atoms with Gasteiger partial charge < -0.3 is 24.6 Å². The van der Waals surface area contributed by atoms with Crippen LogP contribution in [0, 0.1) is 12.7 Å². The highest BCUT2D eigenvalue weighted by molar-refractivity contribution is 6.04. The minimum atomic E-state index is -0.611. The summed E-state index contributed by atoms with van der Waals surface area (Å²) in [7, 11) is 0. The van der Waals surface area contributed by atoms with E-state index in [1.807, 2.05) is 24.0 Å². The Morgan fingerprint density at radius 3 is 2.88 bits per heavy atom. The summed E-state index contributed by atoms with van der Waals surface area (Å²) in [4.78, 5) is 22.3. The van der Waals surface area contributed by atoms with Gasteiger partial charge in [0.15, 0.2) is 11.6 Å². The van der Waals surface area contributed by atoms with Crippen LogP contribution in [0.1, 0.15) is 15.9 Å². The molecule has 0 saturated carbocycles. The molecule has 0 unspecified atom stereocenters. The molecule has 0 radical (unpaired) electrons. The number of morpholine rings is 1. The average Bonchev–Trinajstić information content (AvgIpc) is 3.27. The molecule has 1 atom stereocenters. The van der Waals surface area contributed by atoms with Crippen LogP contribution >= 0.6 is 0 Å². The number of rotatable bonds is 2. The van der Waals surface area contributed by atoms with E-state index >= 15 is 4.39 Å². The number of nitrogens with one attached hydrogen (secondary N) is 2. The summed E-state index contributed by atoms with van der Waals surface area (Å²) in [5.74, 6) is -0.402. The number of nitrogens with zero attached hydrogens (tertiary/aromatic N) is 4. The molecule has 172 valence electrons. The molecule has 0 bridgehead atoms. The second kappa shape index (κ2) is 7.96. The smallest absolute Gasteiger partial charge is 0.261 e. The highest BCUT2D eigenvalue weighted by Crippen LogP contribution is 2.42. The topological polar surface area (TPSA) is 95.6 Å². The number of benzene rings is 1. The van der Waals surface area contributed by atoms with Crippen molar-refractivity contribution in [3.8, 4) is 17.0 Å². The third-order valence-electron chi connectivity index (χ3n) is 6.70. The standard InChI is InChI=1S/C23H25FN6O3/c1-13-2-3-16-15(11-26-28-16)17(13)20-19(24)21-18(22(27-20)29-6-8-32-9-7-29)23(31)30-5-4-25-10-14(30)12-33-21/h2-3,11,14,25H,4-10,12H2,1H3,(H,26,28)/t14-/m1/s1. The lowest BCUT2D eigenvalue weighted by Crippen LogP contribution is -2.55. The quantitative estimate of drug-likeness (QED) is 0.611. The number of piperazine rings is 1. The van der Waals surface area contributed by atoms with Gasteiger partial charge in [0.2, 0.25) is 0 Å². The number of aryl methyl sites for hydroxylation is 1. The lowest BCUT2D eigenvalue weighted by Gasteiger charge is -2.34. The fourth-order valence-corrected chi connectivity index (χ4v) is 4.97. The highest BCUT2D eigenvalue weighted by Gasteiger charge is 2.39. The predicted octanol–water partition coefficient (Wildman–Crippen LogP) is 1.72. The maximum absolute atomic E-state index is 16.2. The number of carbonyl (C=O) groups is 1. The van der Waals surface area contributed by atoms with Gasteiger partial charge in [0.05, 0.1) is 31.0 Å². The largest absolute Gasteiger partial charge is 0.487 e. The van der Waals surface area contributed by atoms with E-state index in [0.29, 0.717) is 57.3 Å². The number of carbonyl (C=O) groups excluding carboxylic acids is 1.